The van der Waals surface area contributed by atoms with Gasteiger partial charge in [-0.3, -0.25) is 4.79 Å². The fraction of sp³-hybridized carbons (Fsp3) is 0.474. The van der Waals surface area contributed by atoms with Gasteiger partial charge < -0.3 is 10.6 Å². The van der Waals surface area contributed by atoms with Crippen molar-refractivity contribution in [1.82, 2.24) is 15.1 Å². The highest BCUT2D eigenvalue weighted by atomic mass is 35.5. The quantitative estimate of drug-likeness (QED) is 0.737. The number of benzene rings is 1. The molecule has 5 nitrogen and oxygen atoms in total. The number of nitrogens with one attached hydrogen (secondary N) is 2. The van der Waals surface area contributed by atoms with E-state index in [1.165, 1.54) is 0 Å². The van der Waals surface area contributed by atoms with Gasteiger partial charge in [-0.2, -0.15) is 18.3 Å². The van der Waals surface area contributed by atoms with Gasteiger partial charge in [0.2, 0.25) is 0 Å². The molecule has 0 radical (unpaired) electrons. The minimum Gasteiger partial charge on any atom is -0.362 e. The van der Waals surface area contributed by atoms with Gasteiger partial charge >= 0.3 is 6.18 Å². The first-order valence-electron chi connectivity index (χ1n) is 9.10. The topological polar surface area (TPSA) is 59.0 Å². The maximum Gasteiger partial charge on any atom is 0.410 e. The van der Waals surface area contributed by atoms with E-state index in [-0.39, 0.29) is 29.0 Å². The van der Waals surface area contributed by atoms with Crippen molar-refractivity contribution < 1.29 is 18.0 Å². The van der Waals surface area contributed by atoms with E-state index in [0.29, 0.717) is 12.0 Å². The average Bonchev–Trinajstić information content (AvgIpc) is 2.97. The van der Waals surface area contributed by atoms with Crippen LogP contribution in [0, 0.1) is 6.92 Å². The Labute approximate surface area is 166 Å². The molecule has 0 unspecified atom stereocenters. The maximum absolute atomic E-state index is 13.7. The zero-order valence-electron chi connectivity index (χ0n) is 15.8. The summed E-state index contributed by atoms with van der Waals surface area (Å²) >= 11 is 6.28. The summed E-state index contributed by atoms with van der Waals surface area (Å²) in [6.45, 7) is 5.59. The Bertz CT molecular complexity index is 863. The number of carbonyl (C=O) groups is 1. The number of alkyl halides is 3. The van der Waals surface area contributed by atoms with Crippen molar-refractivity contribution in [3.63, 3.8) is 0 Å². The lowest BCUT2D eigenvalue weighted by Crippen LogP contribution is -2.36. The Balaban J connectivity index is 2.00. The largest absolute Gasteiger partial charge is 0.410 e. The highest BCUT2D eigenvalue weighted by molar-refractivity contribution is 6.36. The number of hydrogen-bond acceptors (Lipinski definition) is 3. The predicted octanol–water partition coefficient (Wildman–Crippen LogP) is 5.03. The van der Waals surface area contributed by atoms with Gasteiger partial charge in [0.1, 0.15) is 10.8 Å². The molecule has 152 valence electrons. The molecule has 1 amide bonds. The fourth-order valence-corrected chi connectivity index (χ4v) is 3.41. The van der Waals surface area contributed by atoms with Gasteiger partial charge in [-0.05, 0) is 25.8 Å². The average molecular weight is 415 g/mol. The summed E-state index contributed by atoms with van der Waals surface area (Å²) in [6, 6.07) is 4.65. The van der Waals surface area contributed by atoms with Gasteiger partial charge in [0.15, 0.2) is 11.7 Å². The van der Waals surface area contributed by atoms with Gasteiger partial charge in [0.25, 0.3) is 5.91 Å². The second-order valence-electron chi connectivity index (χ2n) is 7.14. The molecule has 1 aliphatic heterocycles. The third-order valence-corrected chi connectivity index (χ3v) is 5.34. The molecular weight excluding hydrogens is 393 g/mol. The monoisotopic (exact) mass is 414 g/mol. The number of anilines is 1. The van der Waals surface area contributed by atoms with Gasteiger partial charge in [0.05, 0.1) is 6.04 Å². The molecule has 2 heterocycles. The van der Waals surface area contributed by atoms with Crippen LogP contribution >= 0.6 is 11.6 Å². The molecule has 0 saturated carbocycles. The Kier molecular flexibility index (Phi) is 5.61. The summed E-state index contributed by atoms with van der Waals surface area (Å²) in [4.78, 5) is 12.4. The summed E-state index contributed by atoms with van der Waals surface area (Å²) < 4.78 is 42.0. The molecule has 0 saturated heterocycles. The van der Waals surface area contributed by atoms with Crippen molar-refractivity contribution in [3.8, 4) is 0 Å². The normalized spacial score (nSPS) is 20.2. The third-order valence-electron chi connectivity index (χ3n) is 4.98. The van der Waals surface area contributed by atoms with E-state index in [9.17, 15) is 18.0 Å². The van der Waals surface area contributed by atoms with Crippen LogP contribution in [0.15, 0.2) is 24.3 Å². The second-order valence-corrected chi connectivity index (χ2v) is 7.52. The summed E-state index contributed by atoms with van der Waals surface area (Å²) in [6.07, 6.45) is -4.10. The molecule has 2 aromatic rings. The van der Waals surface area contributed by atoms with E-state index in [2.05, 4.69) is 15.7 Å². The number of carbonyl (C=O) groups excluding carboxylic acids is 1. The van der Waals surface area contributed by atoms with Crippen molar-refractivity contribution in [1.29, 1.82) is 0 Å². The lowest BCUT2D eigenvalue weighted by atomic mass is 9.96. The van der Waals surface area contributed by atoms with E-state index in [0.717, 1.165) is 10.2 Å². The number of aryl methyl sites for hydroxylation is 1. The molecule has 28 heavy (non-hydrogen) atoms. The number of aromatic nitrogens is 2. The van der Waals surface area contributed by atoms with Crippen LogP contribution in [-0.2, 0) is 0 Å². The molecule has 9 heteroatoms. The van der Waals surface area contributed by atoms with E-state index >= 15 is 0 Å². The predicted molar refractivity (Wildman–Crippen MR) is 102 cm³/mol. The van der Waals surface area contributed by atoms with Crippen molar-refractivity contribution in [2.45, 2.75) is 57.9 Å². The minimum atomic E-state index is -4.53. The molecule has 3 rings (SSSR count). The lowest BCUT2D eigenvalue weighted by Gasteiger charge is -2.33. The highest BCUT2D eigenvalue weighted by Crippen LogP contribution is 2.46. The van der Waals surface area contributed by atoms with Crippen LogP contribution < -0.4 is 10.6 Å². The molecule has 0 bridgehead atoms. The summed E-state index contributed by atoms with van der Waals surface area (Å²) in [5, 5.41) is 9.54. The molecule has 3 atom stereocenters. The SMILES string of the molecule is CC[C@@H](C)NC(=O)c1nn2c(c1Cl)N[C@H](c1ccc(C)cc1)C[C@@H]2C(F)(F)F. The van der Waals surface area contributed by atoms with Crippen molar-refractivity contribution in [2.75, 3.05) is 5.32 Å². The van der Waals surface area contributed by atoms with E-state index < -0.39 is 24.2 Å². The molecule has 2 N–H and O–H groups in total. The molecular formula is C19H22ClF3N4O. The summed E-state index contributed by atoms with van der Waals surface area (Å²) in [5.41, 5.74) is 1.52. The number of rotatable bonds is 4. The van der Waals surface area contributed by atoms with Crippen molar-refractivity contribution in [2.24, 2.45) is 0 Å². The highest BCUT2D eigenvalue weighted by Gasteiger charge is 2.47. The van der Waals surface area contributed by atoms with Crippen LogP contribution in [0.5, 0.6) is 0 Å². The van der Waals surface area contributed by atoms with Crippen molar-refractivity contribution >= 4 is 23.3 Å². The second kappa shape index (κ2) is 7.66. The van der Waals surface area contributed by atoms with E-state index in [1.807, 2.05) is 26.0 Å². The first kappa shape index (κ1) is 20.5. The Morgan fingerprint density at radius 1 is 1.39 bits per heavy atom. The van der Waals surface area contributed by atoms with Gasteiger partial charge in [-0.25, -0.2) is 4.68 Å². The Hall–Kier alpha value is -2.22. The van der Waals surface area contributed by atoms with Crippen LogP contribution in [0.2, 0.25) is 5.02 Å². The third kappa shape index (κ3) is 3.97. The van der Waals surface area contributed by atoms with Crippen molar-refractivity contribution in [3.05, 3.63) is 46.1 Å². The molecule has 1 aromatic heterocycles. The van der Waals surface area contributed by atoms with Crippen LogP contribution in [-0.4, -0.2) is 27.9 Å². The fourth-order valence-electron chi connectivity index (χ4n) is 3.15. The number of amides is 1. The maximum atomic E-state index is 13.7. The number of hydrogen-bond donors (Lipinski definition) is 2. The van der Waals surface area contributed by atoms with E-state index in [4.69, 9.17) is 11.6 Å². The molecule has 0 aliphatic carbocycles. The molecule has 1 aromatic carbocycles. The smallest absolute Gasteiger partial charge is 0.362 e. The van der Waals surface area contributed by atoms with Crippen LogP contribution in [0.3, 0.4) is 0 Å². The van der Waals surface area contributed by atoms with Crippen LogP contribution in [0.25, 0.3) is 0 Å². The van der Waals surface area contributed by atoms with Gasteiger partial charge in [-0.1, -0.05) is 48.4 Å². The summed E-state index contributed by atoms with van der Waals surface area (Å²) in [5.74, 6) is -0.578. The number of nitrogens with zero attached hydrogens (tertiary/aromatic N) is 2. The molecule has 1 aliphatic rings. The number of fused-ring (bicyclic) bond motifs is 1. The Morgan fingerprint density at radius 2 is 2.04 bits per heavy atom. The zero-order chi connectivity index (χ0) is 20.6. The first-order chi connectivity index (χ1) is 13.1. The Morgan fingerprint density at radius 3 is 2.61 bits per heavy atom. The van der Waals surface area contributed by atoms with Crippen LogP contribution in [0.4, 0.5) is 19.0 Å². The molecule has 0 spiro atoms. The van der Waals surface area contributed by atoms with Gasteiger partial charge in [0, 0.05) is 12.5 Å². The standard InChI is InChI=1S/C19H22ClF3N4O/c1-4-11(3)24-18(28)16-15(20)17-25-13(12-7-5-10(2)6-8-12)9-14(19(21,22)23)27(17)26-16/h5-8,11,13-14,25H,4,9H2,1-3H3,(H,24,28)/t11-,13+,14-/m1/s1. The molecule has 0 fully saturated rings. The number of halogens is 4. The van der Waals surface area contributed by atoms with E-state index in [1.54, 1.807) is 19.1 Å². The zero-order valence-corrected chi connectivity index (χ0v) is 16.5. The summed E-state index contributed by atoms with van der Waals surface area (Å²) in [7, 11) is 0. The van der Waals surface area contributed by atoms with Gasteiger partial charge in [-0.15, -0.1) is 0 Å². The minimum absolute atomic E-state index is 0.00937. The lowest BCUT2D eigenvalue weighted by molar-refractivity contribution is -0.173. The van der Waals surface area contributed by atoms with Crippen LogP contribution in [0.1, 0.15) is 60.4 Å². The first-order valence-corrected chi connectivity index (χ1v) is 9.48.